The van der Waals surface area contributed by atoms with Gasteiger partial charge in [0.15, 0.2) is 0 Å². The van der Waals surface area contributed by atoms with E-state index in [1.807, 2.05) is 18.2 Å². The van der Waals surface area contributed by atoms with Gasteiger partial charge in [0, 0.05) is 11.9 Å². The van der Waals surface area contributed by atoms with Gasteiger partial charge in [-0.2, -0.15) is 0 Å². The molecule has 84 valence electrons. The number of hydrogen-bond acceptors (Lipinski definition) is 3. The first kappa shape index (κ1) is 11.0. The number of aromatic nitrogens is 1. The molecular formula is C13H17N3. The van der Waals surface area contributed by atoms with Gasteiger partial charge in [-0.05, 0) is 31.6 Å². The smallest absolute Gasteiger partial charge is 0.0705 e. The third kappa shape index (κ3) is 2.78. The van der Waals surface area contributed by atoms with Gasteiger partial charge in [0.05, 0.1) is 11.2 Å². The Morgan fingerprint density at radius 1 is 1.12 bits per heavy atom. The van der Waals surface area contributed by atoms with E-state index in [4.69, 9.17) is 5.73 Å². The lowest BCUT2D eigenvalue weighted by Gasteiger charge is -2.04. The molecule has 0 unspecified atom stereocenters. The highest BCUT2D eigenvalue weighted by Gasteiger charge is 1.96. The highest BCUT2D eigenvalue weighted by molar-refractivity contribution is 5.78. The molecule has 0 fully saturated rings. The van der Waals surface area contributed by atoms with Crippen LogP contribution in [0.2, 0.25) is 0 Å². The highest BCUT2D eigenvalue weighted by Crippen LogP contribution is 2.11. The fraction of sp³-hybridized carbons (Fsp3) is 0.308. The van der Waals surface area contributed by atoms with Gasteiger partial charge >= 0.3 is 0 Å². The summed E-state index contributed by atoms with van der Waals surface area (Å²) in [5.74, 6) is 0. The van der Waals surface area contributed by atoms with Gasteiger partial charge in [-0.25, -0.2) is 0 Å². The van der Waals surface area contributed by atoms with Gasteiger partial charge < -0.3 is 11.1 Å². The lowest BCUT2D eigenvalue weighted by atomic mass is 10.2. The number of para-hydroxylation sites is 1. The van der Waals surface area contributed by atoms with Crippen molar-refractivity contribution < 1.29 is 0 Å². The van der Waals surface area contributed by atoms with Gasteiger partial charge in [-0.3, -0.25) is 4.98 Å². The van der Waals surface area contributed by atoms with Crippen molar-refractivity contribution in [2.75, 3.05) is 13.1 Å². The molecule has 3 heteroatoms. The summed E-state index contributed by atoms with van der Waals surface area (Å²) in [7, 11) is 0. The van der Waals surface area contributed by atoms with Gasteiger partial charge in [0.2, 0.25) is 0 Å². The number of hydrogen-bond donors (Lipinski definition) is 2. The Hall–Kier alpha value is -1.45. The van der Waals surface area contributed by atoms with E-state index in [0.29, 0.717) is 0 Å². The summed E-state index contributed by atoms with van der Waals surface area (Å²) in [6, 6.07) is 12.3. The van der Waals surface area contributed by atoms with Crippen LogP contribution in [0.4, 0.5) is 0 Å². The SMILES string of the molecule is NCCCNCc1ccc2ccccc2n1. The zero-order valence-corrected chi connectivity index (χ0v) is 9.32. The first-order valence-corrected chi connectivity index (χ1v) is 5.65. The number of pyridine rings is 1. The molecule has 0 aliphatic rings. The normalized spacial score (nSPS) is 10.8. The minimum atomic E-state index is 0.734. The van der Waals surface area contributed by atoms with Crippen molar-refractivity contribution in [3.63, 3.8) is 0 Å². The summed E-state index contributed by atoms with van der Waals surface area (Å²) in [5.41, 5.74) is 7.56. The van der Waals surface area contributed by atoms with Crippen molar-refractivity contribution in [1.29, 1.82) is 0 Å². The van der Waals surface area contributed by atoms with E-state index >= 15 is 0 Å². The molecule has 3 nitrogen and oxygen atoms in total. The molecule has 0 saturated carbocycles. The molecule has 0 amide bonds. The molecule has 2 rings (SSSR count). The van der Waals surface area contributed by atoms with Crippen LogP contribution in [0.1, 0.15) is 12.1 Å². The second-order valence-electron chi connectivity index (χ2n) is 3.81. The summed E-state index contributed by atoms with van der Waals surface area (Å²) >= 11 is 0. The monoisotopic (exact) mass is 215 g/mol. The summed E-state index contributed by atoms with van der Waals surface area (Å²) in [5, 5.41) is 4.51. The van der Waals surface area contributed by atoms with Gasteiger partial charge in [-0.15, -0.1) is 0 Å². The van der Waals surface area contributed by atoms with Gasteiger partial charge in [0.25, 0.3) is 0 Å². The standard InChI is InChI=1S/C13H17N3/c14-8-3-9-15-10-12-7-6-11-4-1-2-5-13(11)16-12/h1-2,4-7,15H,3,8-10,14H2. The maximum Gasteiger partial charge on any atom is 0.0705 e. The Morgan fingerprint density at radius 3 is 2.88 bits per heavy atom. The fourth-order valence-corrected chi connectivity index (χ4v) is 1.65. The quantitative estimate of drug-likeness (QED) is 0.746. The summed E-state index contributed by atoms with van der Waals surface area (Å²) < 4.78 is 0. The van der Waals surface area contributed by atoms with E-state index in [-0.39, 0.29) is 0 Å². The van der Waals surface area contributed by atoms with E-state index in [1.165, 1.54) is 5.39 Å². The second kappa shape index (κ2) is 5.58. The molecule has 1 aromatic carbocycles. The molecule has 0 aliphatic carbocycles. The molecule has 0 spiro atoms. The van der Waals surface area contributed by atoms with Crippen molar-refractivity contribution in [2.24, 2.45) is 5.73 Å². The first-order valence-electron chi connectivity index (χ1n) is 5.65. The van der Waals surface area contributed by atoms with E-state index in [1.54, 1.807) is 0 Å². The second-order valence-corrected chi connectivity index (χ2v) is 3.81. The van der Waals surface area contributed by atoms with Crippen LogP contribution >= 0.6 is 0 Å². The van der Waals surface area contributed by atoms with Crippen LogP contribution in [0.25, 0.3) is 10.9 Å². The number of benzene rings is 1. The molecule has 2 aromatic rings. The number of fused-ring (bicyclic) bond motifs is 1. The van der Waals surface area contributed by atoms with Crippen LogP contribution in [0, 0.1) is 0 Å². The average molecular weight is 215 g/mol. The number of nitrogens with two attached hydrogens (primary N) is 1. The zero-order chi connectivity index (χ0) is 11.2. The lowest BCUT2D eigenvalue weighted by molar-refractivity contribution is 0.647. The van der Waals surface area contributed by atoms with Crippen LogP contribution in [0.3, 0.4) is 0 Å². The minimum Gasteiger partial charge on any atom is -0.330 e. The number of nitrogens with zero attached hydrogens (tertiary/aromatic N) is 1. The van der Waals surface area contributed by atoms with Crippen LogP contribution in [0.5, 0.6) is 0 Å². The molecular weight excluding hydrogens is 198 g/mol. The van der Waals surface area contributed by atoms with E-state index in [2.05, 4.69) is 28.5 Å². The molecule has 1 aromatic heterocycles. The van der Waals surface area contributed by atoms with Crippen molar-refractivity contribution in [3.05, 3.63) is 42.1 Å². The average Bonchev–Trinajstić information content (AvgIpc) is 2.34. The Bertz CT molecular complexity index is 454. The fourth-order valence-electron chi connectivity index (χ4n) is 1.65. The first-order chi connectivity index (χ1) is 7.90. The third-order valence-electron chi connectivity index (χ3n) is 2.52. The number of rotatable bonds is 5. The minimum absolute atomic E-state index is 0.734. The lowest BCUT2D eigenvalue weighted by Crippen LogP contribution is -2.18. The summed E-state index contributed by atoms with van der Waals surface area (Å²) in [6.45, 7) is 2.49. The van der Waals surface area contributed by atoms with Crippen molar-refractivity contribution in [2.45, 2.75) is 13.0 Å². The highest BCUT2D eigenvalue weighted by atomic mass is 14.9. The maximum absolute atomic E-state index is 5.43. The van der Waals surface area contributed by atoms with E-state index in [9.17, 15) is 0 Å². The van der Waals surface area contributed by atoms with Crippen LogP contribution < -0.4 is 11.1 Å². The molecule has 1 heterocycles. The van der Waals surface area contributed by atoms with E-state index in [0.717, 1.165) is 37.3 Å². The maximum atomic E-state index is 5.43. The van der Waals surface area contributed by atoms with Crippen LogP contribution in [-0.4, -0.2) is 18.1 Å². The molecule has 3 N–H and O–H groups in total. The Balaban J connectivity index is 2.02. The molecule has 0 saturated heterocycles. The largest absolute Gasteiger partial charge is 0.330 e. The van der Waals surface area contributed by atoms with Crippen LogP contribution in [-0.2, 0) is 6.54 Å². The Morgan fingerprint density at radius 2 is 2.00 bits per heavy atom. The molecule has 0 radical (unpaired) electrons. The summed E-state index contributed by atoms with van der Waals surface area (Å²) in [4.78, 5) is 4.58. The topological polar surface area (TPSA) is 50.9 Å². The zero-order valence-electron chi connectivity index (χ0n) is 9.32. The van der Waals surface area contributed by atoms with Crippen molar-refractivity contribution in [1.82, 2.24) is 10.3 Å². The third-order valence-corrected chi connectivity index (χ3v) is 2.52. The molecule has 16 heavy (non-hydrogen) atoms. The predicted molar refractivity (Wildman–Crippen MR) is 67.1 cm³/mol. The van der Waals surface area contributed by atoms with Crippen molar-refractivity contribution >= 4 is 10.9 Å². The van der Waals surface area contributed by atoms with Gasteiger partial charge in [0.1, 0.15) is 0 Å². The predicted octanol–water partition coefficient (Wildman–Crippen LogP) is 1.67. The molecule has 0 bridgehead atoms. The van der Waals surface area contributed by atoms with E-state index < -0.39 is 0 Å². The number of nitrogens with one attached hydrogen (secondary N) is 1. The Labute approximate surface area is 95.7 Å². The summed E-state index contributed by atoms with van der Waals surface area (Å²) in [6.07, 6.45) is 1.01. The Kier molecular flexibility index (Phi) is 3.86. The molecule has 0 atom stereocenters. The van der Waals surface area contributed by atoms with Crippen molar-refractivity contribution in [3.8, 4) is 0 Å². The molecule has 0 aliphatic heterocycles. The van der Waals surface area contributed by atoms with Crippen LogP contribution in [0.15, 0.2) is 36.4 Å². The van der Waals surface area contributed by atoms with Gasteiger partial charge in [-0.1, -0.05) is 24.3 Å².